The first-order valence-corrected chi connectivity index (χ1v) is 6.58. The Morgan fingerprint density at radius 3 is 2.72 bits per heavy atom. The summed E-state index contributed by atoms with van der Waals surface area (Å²) in [5.74, 6) is -1.24. The van der Waals surface area contributed by atoms with Crippen molar-refractivity contribution in [2.45, 2.75) is 37.8 Å². The number of fused-ring (bicyclic) bond motifs is 1. The van der Waals surface area contributed by atoms with Crippen LogP contribution in [0.2, 0.25) is 0 Å². The maximum Gasteiger partial charge on any atom is 0.305 e. The molecular weight excluding hydrogens is 234 g/mol. The minimum Gasteiger partial charge on any atom is -0.481 e. The molecule has 0 aliphatic carbocycles. The SMILES string of the molecule is NC(CC(=O)O)C(=O)N1CCCN2CCCC2C1. The summed E-state index contributed by atoms with van der Waals surface area (Å²) >= 11 is 0. The molecule has 1 amide bonds. The van der Waals surface area contributed by atoms with E-state index in [2.05, 4.69) is 4.90 Å². The Balaban J connectivity index is 1.95. The minimum atomic E-state index is -1.02. The summed E-state index contributed by atoms with van der Waals surface area (Å²) in [6, 6.07) is -0.469. The van der Waals surface area contributed by atoms with Gasteiger partial charge in [0.25, 0.3) is 0 Å². The number of nitrogens with two attached hydrogens (primary N) is 1. The molecule has 0 bridgehead atoms. The number of rotatable bonds is 3. The Morgan fingerprint density at radius 2 is 2.00 bits per heavy atom. The first kappa shape index (κ1) is 13.3. The highest BCUT2D eigenvalue weighted by molar-refractivity contribution is 5.86. The Morgan fingerprint density at radius 1 is 1.28 bits per heavy atom. The van der Waals surface area contributed by atoms with Crippen LogP contribution in [0.15, 0.2) is 0 Å². The summed E-state index contributed by atoms with van der Waals surface area (Å²) in [7, 11) is 0. The van der Waals surface area contributed by atoms with E-state index in [0.29, 0.717) is 19.1 Å². The summed E-state index contributed by atoms with van der Waals surface area (Å²) in [5.41, 5.74) is 5.65. The lowest BCUT2D eigenvalue weighted by atomic mass is 10.1. The standard InChI is InChI=1S/C12H21N3O3/c13-10(7-11(16)17)12(18)15-6-2-5-14-4-1-3-9(14)8-15/h9-10H,1-8,13H2,(H,16,17). The molecule has 2 saturated heterocycles. The molecule has 2 heterocycles. The van der Waals surface area contributed by atoms with Crippen molar-refractivity contribution in [2.75, 3.05) is 26.2 Å². The van der Waals surface area contributed by atoms with Crippen molar-refractivity contribution in [3.05, 3.63) is 0 Å². The Labute approximate surface area is 107 Å². The van der Waals surface area contributed by atoms with E-state index in [-0.39, 0.29) is 12.3 Å². The molecule has 2 atom stereocenters. The molecule has 2 aliphatic rings. The van der Waals surface area contributed by atoms with E-state index in [1.54, 1.807) is 4.90 Å². The average molecular weight is 255 g/mol. The normalized spacial score (nSPS) is 26.5. The quantitative estimate of drug-likeness (QED) is 0.709. The van der Waals surface area contributed by atoms with Gasteiger partial charge in [-0.05, 0) is 25.8 Å². The van der Waals surface area contributed by atoms with Gasteiger partial charge >= 0.3 is 5.97 Å². The van der Waals surface area contributed by atoms with Gasteiger partial charge in [0.15, 0.2) is 0 Å². The van der Waals surface area contributed by atoms with Gasteiger partial charge in [0, 0.05) is 25.7 Å². The van der Waals surface area contributed by atoms with Gasteiger partial charge in [0.1, 0.15) is 0 Å². The van der Waals surface area contributed by atoms with Crippen LogP contribution in [0.3, 0.4) is 0 Å². The van der Waals surface area contributed by atoms with E-state index in [9.17, 15) is 9.59 Å². The molecule has 0 aromatic rings. The molecule has 6 nitrogen and oxygen atoms in total. The highest BCUT2D eigenvalue weighted by Crippen LogP contribution is 2.21. The summed E-state index contributed by atoms with van der Waals surface area (Å²) < 4.78 is 0. The third-order valence-corrected chi connectivity index (χ3v) is 3.83. The van der Waals surface area contributed by atoms with Crippen molar-refractivity contribution in [1.29, 1.82) is 0 Å². The molecule has 0 saturated carbocycles. The van der Waals surface area contributed by atoms with Gasteiger partial charge in [-0.2, -0.15) is 0 Å². The molecule has 0 spiro atoms. The maximum atomic E-state index is 12.1. The molecule has 102 valence electrons. The average Bonchev–Trinajstić information content (AvgIpc) is 2.64. The zero-order valence-electron chi connectivity index (χ0n) is 10.5. The second kappa shape index (κ2) is 5.67. The van der Waals surface area contributed by atoms with E-state index in [1.807, 2.05) is 0 Å². The number of carboxylic acid groups (broad SMARTS) is 1. The number of carbonyl (C=O) groups excluding carboxylic acids is 1. The smallest absolute Gasteiger partial charge is 0.305 e. The van der Waals surface area contributed by atoms with Gasteiger partial charge in [-0.1, -0.05) is 0 Å². The minimum absolute atomic E-state index is 0.217. The van der Waals surface area contributed by atoms with E-state index in [4.69, 9.17) is 10.8 Å². The van der Waals surface area contributed by atoms with E-state index in [1.165, 1.54) is 6.42 Å². The second-order valence-electron chi connectivity index (χ2n) is 5.17. The Bertz CT molecular complexity index is 335. The molecule has 6 heteroatoms. The van der Waals surface area contributed by atoms with Crippen LogP contribution in [0.25, 0.3) is 0 Å². The highest BCUT2D eigenvalue weighted by atomic mass is 16.4. The van der Waals surface area contributed by atoms with Crippen LogP contribution in [-0.4, -0.2) is 65.0 Å². The largest absolute Gasteiger partial charge is 0.481 e. The lowest BCUT2D eigenvalue weighted by Crippen LogP contribution is -2.47. The zero-order valence-corrected chi connectivity index (χ0v) is 10.5. The van der Waals surface area contributed by atoms with Crippen molar-refractivity contribution in [3.63, 3.8) is 0 Å². The number of aliphatic carboxylic acids is 1. The van der Waals surface area contributed by atoms with E-state index < -0.39 is 12.0 Å². The lowest BCUT2D eigenvalue weighted by molar-refractivity contribution is -0.142. The van der Waals surface area contributed by atoms with E-state index >= 15 is 0 Å². The Hall–Kier alpha value is -1.14. The number of carbonyl (C=O) groups is 2. The first-order chi connectivity index (χ1) is 8.58. The molecule has 2 fully saturated rings. The fourth-order valence-electron chi connectivity index (χ4n) is 2.92. The van der Waals surface area contributed by atoms with Crippen LogP contribution in [-0.2, 0) is 9.59 Å². The fraction of sp³-hybridized carbons (Fsp3) is 0.833. The zero-order chi connectivity index (χ0) is 13.1. The predicted molar refractivity (Wildman–Crippen MR) is 66.0 cm³/mol. The third-order valence-electron chi connectivity index (χ3n) is 3.83. The van der Waals surface area contributed by atoms with Gasteiger partial charge in [-0.3, -0.25) is 14.5 Å². The molecule has 18 heavy (non-hydrogen) atoms. The van der Waals surface area contributed by atoms with Crippen molar-refractivity contribution < 1.29 is 14.7 Å². The molecule has 0 radical (unpaired) electrons. The van der Waals surface area contributed by atoms with Crippen LogP contribution < -0.4 is 5.73 Å². The van der Waals surface area contributed by atoms with E-state index in [0.717, 1.165) is 25.9 Å². The number of hydrogen-bond acceptors (Lipinski definition) is 4. The third kappa shape index (κ3) is 3.00. The topological polar surface area (TPSA) is 86.9 Å². The van der Waals surface area contributed by atoms with Crippen molar-refractivity contribution in [2.24, 2.45) is 5.73 Å². The van der Waals surface area contributed by atoms with Gasteiger partial charge in [-0.15, -0.1) is 0 Å². The summed E-state index contributed by atoms with van der Waals surface area (Å²) in [6.45, 7) is 3.54. The van der Waals surface area contributed by atoms with Crippen LogP contribution in [0.4, 0.5) is 0 Å². The van der Waals surface area contributed by atoms with Crippen molar-refractivity contribution >= 4 is 11.9 Å². The summed E-state index contributed by atoms with van der Waals surface area (Å²) in [6.07, 6.45) is 2.97. The van der Waals surface area contributed by atoms with Gasteiger partial charge in [0.2, 0.25) is 5.91 Å². The molecule has 3 N–H and O–H groups in total. The van der Waals surface area contributed by atoms with Crippen LogP contribution in [0.5, 0.6) is 0 Å². The first-order valence-electron chi connectivity index (χ1n) is 6.58. The van der Waals surface area contributed by atoms with Crippen LogP contribution in [0.1, 0.15) is 25.7 Å². The number of nitrogens with zero attached hydrogens (tertiary/aromatic N) is 2. The van der Waals surface area contributed by atoms with Crippen molar-refractivity contribution in [1.82, 2.24) is 9.80 Å². The second-order valence-corrected chi connectivity index (χ2v) is 5.17. The van der Waals surface area contributed by atoms with Crippen molar-refractivity contribution in [3.8, 4) is 0 Å². The molecular formula is C12H21N3O3. The monoisotopic (exact) mass is 255 g/mol. The molecule has 0 aromatic carbocycles. The van der Waals surface area contributed by atoms with Gasteiger partial charge in [0.05, 0.1) is 12.5 Å². The maximum absolute atomic E-state index is 12.1. The molecule has 2 aliphatic heterocycles. The van der Waals surface area contributed by atoms with Crippen LogP contribution >= 0.6 is 0 Å². The summed E-state index contributed by atoms with van der Waals surface area (Å²) in [5, 5.41) is 8.68. The Kier molecular flexibility index (Phi) is 4.19. The number of amides is 1. The predicted octanol–water partition coefficient (Wildman–Crippen LogP) is -0.515. The molecule has 2 rings (SSSR count). The summed E-state index contributed by atoms with van der Waals surface area (Å²) in [4.78, 5) is 26.9. The van der Waals surface area contributed by atoms with Gasteiger partial charge in [-0.25, -0.2) is 0 Å². The number of hydrogen-bond donors (Lipinski definition) is 2. The highest BCUT2D eigenvalue weighted by Gasteiger charge is 2.32. The van der Waals surface area contributed by atoms with Crippen LogP contribution in [0, 0.1) is 0 Å². The lowest BCUT2D eigenvalue weighted by Gasteiger charge is -2.27. The number of carboxylic acids is 1. The molecule has 2 unspecified atom stereocenters. The van der Waals surface area contributed by atoms with Gasteiger partial charge < -0.3 is 15.7 Å². The fourth-order valence-corrected chi connectivity index (χ4v) is 2.92. The molecule has 0 aromatic heterocycles.